The molecule has 0 unspecified atom stereocenters. The Morgan fingerprint density at radius 2 is 1.79 bits per heavy atom. The number of halogens is 1. The van der Waals surface area contributed by atoms with Crippen LogP contribution in [0, 0.1) is 0 Å². The fourth-order valence-electron chi connectivity index (χ4n) is 2.39. The van der Waals surface area contributed by atoms with Gasteiger partial charge >= 0.3 is 6.03 Å². The Morgan fingerprint density at radius 3 is 2.38 bits per heavy atom. The largest absolute Gasteiger partial charge is 0.357 e. The van der Waals surface area contributed by atoms with E-state index in [1.54, 1.807) is 30.5 Å². The van der Waals surface area contributed by atoms with Crippen LogP contribution in [0.1, 0.15) is 26.7 Å². The van der Waals surface area contributed by atoms with Gasteiger partial charge in [0.15, 0.2) is 0 Å². The predicted molar refractivity (Wildman–Crippen MR) is 101 cm³/mol. The van der Waals surface area contributed by atoms with Gasteiger partial charge in [-0.1, -0.05) is 31.5 Å². The van der Waals surface area contributed by atoms with Crippen molar-refractivity contribution in [3.63, 3.8) is 0 Å². The van der Waals surface area contributed by atoms with Crippen LogP contribution in [-0.2, 0) is 0 Å². The lowest BCUT2D eigenvalue weighted by atomic mass is 10.3. The first-order chi connectivity index (χ1) is 11.6. The highest BCUT2D eigenvalue weighted by molar-refractivity contribution is 6.30. The van der Waals surface area contributed by atoms with Crippen LogP contribution >= 0.6 is 11.6 Å². The fraction of sp³-hybridized carbons (Fsp3) is 0.333. The molecule has 2 aromatic rings. The molecule has 0 saturated heterocycles. The number of urea groups is 1. The van der Waals surface area contributed by atoms with E-state index in [4.69, 9.17) is 11.6 Å². The molecule has 0 fully saturated rings. The molecule has 0 spiro atoms. The SMILES string of the molecule is CCCN(CCC)c1ccc(NC(=O)Nc2cccc(Cl)c2)cn1. The number of pyridine rings is 1. The zero-order chi connectivity index (χ0) is 17.4. The molecule has 0 atom stereocenters. The normalized spacial score (nSPS) is 10.3. The number of hydrogen-bond donors (Lipinski definition) is 2. The molecule has 6 heteroatoms. The average molecular weight is 347 g/mol. The zero-order valence-corrected chi connectivity index (χ0v) is 14.8. The monoisotopic (exact) mass is 346 g/mol. The van der Waals surface area contributed by atoms with Gasteiger partial charge in [0.1, 0.15) is 5.82 Å². The Morgan fingerprint density at radius 1 is 1.08 bits per heavy atom. The van der Waals surface area contributed by atoms with Gasteiger partial charge in [0, 0.05) is 23.8 Å². The maximum Gasteiger partial charge on any atom is 0.323 e. The van der Waals surface area contributed by atoms with E-state index in [9.17, 15) is 4.79 Å². The number of rotatable bonds is 7. The summed E-state index contributed by atoms with van der Waals surface area (Å²) in [6, 6.07) is 10.5. The van der Waals surface area contributed by atoms with Crippen molar-refractivity contribution < 1.29 is 4.79 Å². The molecule has 2 amide bonds. The van der Waals surface area contributed by atoms with Crippen LogP contribution in [-0.4, -0.2) is 24.1 Å². The number of amides is 2. The van der Waals surface area contributed by atoms with Crippen molar-refractivity contribution in [1.82, 2.24) is 4.98 Å². The van der Waals surface area contributed by atoms with Gasteiger partial charge < -0.3 is 15.5 Å². The fourth-order valence-corrected chi connectivity index (χ4v) is 2.58. The Hall–Kier alpha value is -2.27. The molecule has 1 aromatic carbocycles. The quantitative estimate of drug-likeness (QED) is 0.741. The van der Waals surface area contributed by atoms with Crippen molar-refractivity contribution in [3.8, 4) is 0 Å². The summed E-state index contributed by atoms with van der Waals surface area (Å²) in [4.78, 5) is 18.7. The summed E-state index contributed by atoms with van der Waals surface area (Å²) in [5.41, 5.74) is 1.29. The van der Waals surface area contributed by atoms with Gasteiger partial charge in [-0.05, 0) is 43.2 Å². The molecule has 0 aliphatic carbocycles. The number of anilines is 3. The number of nitrogens with zero attached hydrogens (tertiary/aromatic N) is 2. The maximum absolute atomic E-state index is 12.0. The minimum absolute atomic E-state index is 0.328. The summed E-state index contributed by atoms with van der Waals surface area (Å²) >= 11 is 5.90. The first-order valence-corrected chi connectivity index (χ1v) is 8.54. The van der Waals surface area contributed by atoms with Crippen LogP contribution in [0.25, 0.3) is 0 Å². The van der Waals surface area contributed by atoms with E-state index in [0.717, 1.165) is 31.7 Å². The molecule has 0 bridgehead atoms. The number of benzene rings is 1. The van der Waals surface area contributed by atoms with Crippen LogP contribution in [0.5, 0.6) is 0 Å². The summed E-state index contributed by atoms with van der Waals surface area (Å²) < 4.78 is 0. The van der Waals surface area contributed by atoms with Crippen molar-refractivity contribution in [1.29, 1.82) is 0 Å². The average Bonchev–Trinajstić information content (AvgIpc) is 2.55. The first kappa shape index (κ1) is 18.1. The Bertz CT molecular complexity index is 654. The molecule has 0 aliphatic rings. The minimum Gasteiger partial charge on any atom is -0.357 e. The van der Waals surface area contributed by atoms with Crippen molar-refractivity contribution >= 4 is 34.8 Å². The summed E-state index contributed by atoms with van der Waals surface area (Å²) in [5, 5.41) is 6.08. The minimum atomic E-state index is -0.328. The van der Waals surface area contributed by atoms with Gasteiger partial charge in [-0.15, -0.1) is 0 Å². The van der Waals surface area contributed by atoms with Gasteiger partial charge in [-0.3, -0.25) is 0 Å². The summed E-state index contributed by atoms with van der Waals surface area (Å²) in [5.74, 6) is 0.930. The molecule has 1 heterocycles. The number of hydrogen-bond acceptors (Lipinski definition) is 3. The van der Waals surface area contributed by atoms with Crippen molar-refractivity contribution in [2.75, 3.05) is 28.6 Å². The number of aromatic nitrogens is 1. The van der Waals surface area contributed by atoms with Crippen LogP contribution in [0.2, 0.25) is 5.02 Å². The molecule has 0 aliphatic heterocycles. The lowest BCUT2D eigenvalue weighted by Crippen LogP contribution is -2.26. The number of nitrogens with one attached hydrogen (secondary N) is 2. The molecule has 24 heavy (non-hydrogen) atoms. The molecular formula is C18H23ClN4O. The molecule has 0 saturated carbocycles. The van der Waals surface area contributed by atoms with Gasteiger partial charge in [-0.25, -0.2) is 9.78 Å². The lowest BCUT2D eigenvalue weighted by molar-refractivity contribution is 0.262. The Balaban J connectivity index is 1.96. The molecule has 5 nitrogen and oxygen atoms in total. The Kier molecular flexibility index (Phi) is 6.88. The second-order valence-corrected chi connectivity index (χ2v) is 5.92. The maximum atomic E-state index is 12.0. The third kappa shape index (κ3) is 5.42. The summed E-state index contributed by atoms with van der Waals surface area (Å²) in [6.07, 6.45) is 3.82. The van der Waals surface area contributed by atoms with Crippen LogP contribution in [0.3, 0.4) is 0 Å². The second-order valence-electron chi connectivity index (χ2n) is 5.48. The highest BCUT2D eigenvalue weighted by atomic mass is 35.5. The highest BCUT2D eigenvalue weighted by Crippen LogP contribution is 2.17. The van der Waals surface area contributed by atoms with E-state index < -0.39 is 0 Å². The van der Waals surface area contributed by atoms with Crippen LogP contribution in [0.15, 0.2) is 42.6 Å². The van der Waals surface area contributed by atoms with E-state index >= 15 is 0 Å². The van der Waals surface area contributed by atoms with E-state index in [-0.39, 0.29) is 6.03 Å². The molecule has 1 aromatic heterocycles. The second kappa shape index (κ2) is 9.13. The van der Waals surface area contributed by atoms with E-state index in [0.29, 0.717) is 16.4 Å². The van der Waals surface area contributed by atoms with Crippen LogP contribution in [0.4, 0.5) is 22.0 Å². The summed E-state index contributed by atoms with van der Waals surface area (Å²) in [6.45, 7) is 6.25. The molecule has 2 rings (SSSR count). The van der Waals surface area contributed by atoms with Gasteiger partial charge in [0.2, 0.25) is 0 Å². The number of carbonyl (C=O) groups excluding carboxylic acids is 1. The van der Waals surface area contributed by atoms with E-state index in [1.807, 2.05) is 12.1 Å². The third-order valence-electron chi connectivity index (χ3n) is 3.40. The summed E-state index contributed by atoms with van der Waals surface area (Å²) in [7, 11) is 0. The van der Waals surface area contributed by atoms with Crippen molar-refractivity contribution in [2.24, 2.45) is 0 Å². The zero-order valence-electron chi connectivity index (χ0n) is 14.1. The van der Waals surface area contributed by atoms with Gasteiger partial charge in [0.25, 0.3) is 0 Å². The van der Waals surface area contributed by atoms with Gasteiger partial charge in [-0.2, -0.15) is 0 Å². The number of carbonyl (C=O) groups is 1. The highest BCUT2D eigenvalue weighted by Gasteiger charge is 2.07. The first-order valence-electron chi connectivity index (χ1n) is 8.17. The topological polar surface area (TPSA) is 57.3 Å². The van der Waals surface area contributed by atoms with Crippen LogP contribution < -0.4 is 15.5 Å². The molecular weight excluding hydrogens is 324 g/mol. The third-order valence-corrected chi connectivity index (χ3v) is 3.63. The predicted octanol–water partition coefficient (Wildman–Crippen LogP) is 5.01. The van der Waals surface area contributed by atoms with Crippen molar-refractivity contribution in [3.05, 3.63) is 47.6 Å². The molecule has 0 radical (unpaired) electrons. The van der Waals surface area contributed by atoms with Gasteiger partial charge in [0.05, 0.1) is 11.9 Å². The van der Waals surface area contributed by atoms with E-state index in [1.165, 1.54) is 0 Å². The molecule has 2 N–H and O–H groups in total. The lowest BCUT2D eigenvalue weighted by Gasteiger charge is -2.22. The standard InChI is InChI=1S/C18H23ClN4O/c1-3-10-23(11-4-2)17-9-8-16(13-20-17)22-18(24)21-15-7-5-6-14(19)12-15/h5-9,12-13H,3-4,10-11H2,1-2H3,(H2,21,22,24). The molecule has 128 valence electrons. The van der Waals surface area contributed by atoms with Crippen molar-refractivity contribution in [2.45, 2.75) is 26.7 Å². The smallest absolute Gasteiger partial charge is 0.323 e. The van der Waals surface area contributed by atoms with E-state index in [2.05, 4.69) is 34.4 Å². The Labute approximate surface area is 148 Å².